The molecule has 2 heterocycles. The molecule has 6 heteroatoms. The third kappa shape index (κ3) is 2.81. The van der Waals surface area contributed by atoms with E-state index >= 15 is 0 Å². The van der Waals surface area contributed by atoms with Gasteiger partial charge in [0.15, 0.2) is 10.3 Å². The van der Waals surface area contributed by atoms with Crippen LogP contribution in [0.2, 0.25) is 10.3 Å². The summed E-state index contributed by atoms with van der Waals surface area (Å²) in [6, 6.07) is 1.78. The number of aromatic nitrogens is 2. The van der Waals surface area contributed by atoms with Gasteiger partial charge in [-0.1, -0.05) is 23.2 Å². The third-order valence-electron chi connectivity index (χ3n) is 3.51. The van der Waals surface area contributed by atoms with Gasteiger partial charge in [-0.05, 0) is 26.8 Å². The molecule has 0 unspecified atom stereocenters. The van der Waals surface area contributed by atoms with E-state index in [1.165, 1.54) is 0 Å². The Labute approximate surface area is 111 Å². The molecule has 0 atom stereocenters. The van der Waals surface area contributed by atoms with E-state index in [1.54, 1.807) is 6.07 Å². The van der Waals surface area contributed by atoms with E-state index in [0.29, 0.717) is 10.3 Å². The van der Waals surface area contributed by atoms with Crippen LogP contribution >= 0.6 is 23.2 Å². The van der Waals surface area contributed by atoms with E-state index in [9.17, 15) is 0 Å². The minimum absolute atomic E-state index is 0.216. The van der Waals surface area contributed by atoms with Gasteiger partial charge in [-0.3, -0.25) is 0 Å². The fraction of sp³-hybridized carbons (Fsp3) is 0.636. The maximum Gasteiger partial charge on any atom is 0.175 e. The average Bonchev–Trinajstić information content (AvgIpc) is 2.34. The standard InChI is InChI=1S/C11H16Cl2N4/c1-11(14-2)3-5-17(6-4-11)8-7-9(12)15-16-10(8)13/h7,14H,3-6H2,1-2H3. The number of piperidine rings is 1. The van der Waals surface area contributed by atoms with Gasteiger partial charge in [-0.15, -0.1) is 10.2 Å². The summed E-state index contributed by atoms with van der Waals surface area (Å²) < 4.78 is 0. The van der Waals surface area contributed by atoms with Crippen molar-refractivity contribution < 1.29 is 0 Å². The van der Waals surface area contributed by atoms with E-state index in [0.717, 1.165) is 31.6 Å². The van der Waals surface area contributed by atoms with Crippen LogP contribution in [0.5, 0.6) is 0 Å². The Balaban J connectivity index is 2.13. The molecule has 4 nitrogen and oxygen atoms in total. The highest BCUT2D eigenvalue weighted by atomic mass is 35.5. The molecule has 1 aromatic heterocycles. The Hall–Kier alpha value is -0.580. The van der Waals surface area contributed by atoms with E-state index in [1.807, 2.05) is 7.05 Å². The molecule has 17 heavy (non-hydrogen) atoms. The lowest BCUT2D eigenvalue weighted by molar-refractivity contribution is 0.305. The van der Waals surface area contributed by atoms with Gasteiger partial charge in [-0.25, -0.2) is 0 Å². The zero-order valence-electron chi connectivity index (χ0n) is 10.0. The number of hydrogen-bond acceptors (Lipinski definition) is 4. The predicted octanol–water partition coefficient (Wildman–Crippen LogP) is 2.36. The predicted molar refractivity (Wildman–Crippen MR) is 71.0 cm³/mol. The van der Waals surface area contributed by atoms with Crippen molar-refractivity contribution in [2.24, 2.45) is 0 Å². The average molecular weight is 275 g/mol. The lowest BCUT2D eigenvalue weighted by atomic mass is 9.90. The topological polar surface area (TPSA) is 41.0 Å². The molecule has 0 aliphatic carbocycles. The van der Waals surface area contributed by atoms with Crippen molar-refractivity contribution in [3.63, 3.8) is 0 Å². The first-order valence-electron chi connectivity index (χ1n) is 5.67. The molecule has 0 bridgehead atoms. The fourth-order valence-corrected chi connectivity index (χ4v) is 2.41. The molecule has 2 rings (SSSR count). The first-order valence-corrected chi connectivity index (χ1v) is 6.42. The van der Waals surface area contributed by atoms with E-state index in [4.69, 9.17) is 23.2 Å². The molecule has 0 radical (unpaired) electrons. The van der Waals surface area contributed by atoms with Gasteiger partial charge in [0.2, 0.25) is 0 Å². The number of anilines is 1. The van der Waals surface area contributed by atoms with Crippen LogP contribution in [0.1, 0.15) is 19.8 Å². The van der Waals surface area contributed by atoms with Crippen molar-refractivity contribution in [2.45, 2.75) is 25.3 Å². The van der Waals surface area contributed by atoms with E-state index in [2.05, 4.69) is 27.3 Å². The summed E-state index contributed by atoms with van der Waals surface area (Å²) in [7, 11) is 2.01. The van der Waals surface area contributed by atoms with Crippen molar-refractivity contribution in [1.82, 2.24) is 15.5 Å². The van der Waals surface area contributed by atoms with Gasteiger partial charge in [0.25, 0.3) is 0 Å². The SMILES string of the molecule is CNC1(C)CCN(c2cc(Cl)nnc2Cl)CC1. The normalized spacial score (nSPS) is 19.4. The smallest absolute Gasteiger partial charge is 0.175 e. The molecule has 1 aliphatic rings. The lowest BCUT2D eigenvalue weighted by Crippen LogP contribution is -2.50. The van der Waals surface area contributed by atoms with Crippen molar-refractivity contribution >= 4 is 28.9 Å². The van der Waals surface area contributed by atoms with Crippen LogP contribution in [-0.2, 0) is 0 Å². The number of halogens is 2. The van der Waals surface area contributed by atoms with Crippen molar-refractivity contribution in [3.05, 3.63) is 16.4 Å². The van der Waals surface area contributed by atoms with Crippen LogP contribution in [0.3, 0.4) is 0 Å². The molecule has 0 aromatic carbocycles. The number of nitrogens with one attached hydrogen (secondary N) is 1. The molecular weight excluding hydrogens is 259 g/mol. The van der Waals surface area contributed by atoms with Crippen LogP contribution in [0.15, 0.2) is 6.07 Å². The maximum absolute atomic E-state index is 6.04. The zero-order chi connectivity index (χ0) is 12.5. The van der Waals surface area contributed by atoms with Gasteiger partial charge in [0, 0.05) is 24.7 Å². The van der Waals surface area contributed by atoms with Crippen molar-refractivity contribution in [2.75, 3.05) is 25.0 Å². The molecular formula is C11H16Cl2N4. The first-order chi connectivity index (χ1) is 8.04. The quantitative estimate of drug-likeness (QED) is 0.899. The first kappa shape index (κ1) is 12.9. The van der Waals surface area contributed by atoms with Gasteiger partial charge in [-0.2, -0.15) is 0 Å². The highest BCUT2D eigenvalue weighted by Gasteiger charge is 2.29. The van der Waals surface area contributed by atoms with Gasteiger partial charge < -0.3 is 10.2 Å². The molecule has 1 aromatic rings. The van der Waals surface area contributed by atoms with Crippen molar-refractivity contribution in [1.29, 1.82) is 0 Å². The molecule has 0 spiro atoms. The van der Waals surface area contributed by atoms with Crippen LogP contribution in [0.4, 0.5) is 5.69 Å². The second-order valence-electron chi connectivity index (χ2n) is 4.64. The second-order valence-corrected chi connectivity index (χ2v) is 5.39. The summed E-state index contributed by atoms with van der Waals surface area (Å²) in [6.45, 7) is 4.13. The number of hydrogen-bond donors (Lipinski definition) is 1. The number of nitrogens with zero attached hydrogens (tertiary/aromatic N) is 3. The van der Waals surface area contributed by atoms with Gasteiger partial charge in [0.1, 0.15) is 0 Å². The minimum Gasteiger partial charge on any atom is -0.369 e. The minimum atomic E-state index is 0.216. The monoisotopic (exact) mass is 274 g/mol. The van der Waals surface area contributed by atoms with Crippen LogP contribution in [0.25, 0.3) is 0 Å². The zero-order valence-corrected chi connectivity index (χ0v) is 11.5. The Morgan fingerprint density at radius 3 is 2.53 bits per heavy atom. The molecule has 0 amide bonds. The summed E-state index contributed by atoms with van der Waals surface area (Å²) in [4.78, 5) is 2.21. The number of rotatable bonds is 2. The van der Waals surface area contributed by atoms with Gasteiger partial charge >= 0.3 is 0 Å². The Morgan fingerprint density at radius 2 is 1.94 bits per heavy atom. The molecule has 0 saturated carbocycles. The van der Waals surface area contributed by atoms with Crippen LogP contribution in [-0.4, -0.2) is 35.9 Å². The summed E-state index contributed by atoms with van der Waals surface area (Å²) in [5.74, 6) is 0. The summed E-state index contributed by atoms with van der Waals surface area (Å²) in [5, 5.41) is 11.7. The largest absolute Gasteiger partial charge is 0.369 e. The summed E-state index contributed by atoms with van der Waals surface area (Å²) >= 11 is 11.9. The summed E-state index contributed by atoms with van der Waals surface area (Å²) in [6.07, 6.45) is 2.14. The van der Waals surface area contributed by atoms with Crippen LogP contribution < -0.4 is 10.2 Å². The third-order valence-corrected chi connectivity index (χ3v) is 3.97. The lowest BCUT2D eigenvalue weighted by Gasteiger charge is -2.40. The Morgan fingerprint density at radius 1 is 1.29 bits per heavy atom. The molecule has 94 valence electrons. The molecule has 1 fully saturated rings. The summed E-state index contributed by atoms with van der Waals surface area (Å²) in [5.41, 5.74) is 1.09. The Bertz CT molecular complexity index is 402. The van der Waals surface area contributed by atoms with Crippen molar-refractivity contribution in [3.8, 4) is 0 Å². The fourth-order valence-electron chi connectivity index (χ4n) is 2.06. The second kappa shape index (κ2) is 4.96. The highest BCUT2D eigenvalue weighted by Crippen LogP contribution is 2.30. The maximum atomic E-state index is 6.04. The van der Waals surface area contributed by atoms with Gasteiger partial charge in [0.05, 0.1) is 5.69 Å². The van der Waals surface area contributed by atoms with E-state index in [-0.39, 0.29) is 5.54 Å². The highest BCUT2D eigenvalue weighted by molar-refractivity contribution is 6.33. The molecule has 1 N–H and O–H groups in total. The van der Waals surface area contributed by atoms with E-state index < -0.39 is 0 Å². The van der Waals surface area contributed by atoms with Crippen LogP contribution in [0, 0.1) is 0 Å². The molecule has 1 saturated heterocycles. The molecule has 1 aliphatic heterocycles. The Kier molecular flexibility index (Phi) is 3.76.